The third-order valence-electron chi connectivity index (χ3n) is 5.39. The highest BCUT2D eigenvalue weighted by molar-refractivity contribution is 6.30. The van der Waals surface area contributed by atoms with E-state index in [1.54, 1.807) is 37.5 Å². The number of ether oxygens (including phenoxy) is 1. The Hall–Kier alpha value is -3.42. The van der Waals surface area contributed by atoms with E-state index < -0.39 is 24.0 Å². The van der Waals surface area contributed by atoms with E-state index in [0.717, 1.165) is 22.5 Å². The normalized spacial score (nSPS) is 12.1. The molecule has 0 unspecified atom stereocenters. The van der Waals surface area contributed by atoms with E-state index >= 15 is 0 Å². The predicted molar refractivity (Wildman–Crippen MR) is 125 cm³/mol. The Kier molecular flexibility index (Phi) is 6.35. The van der Waals surface area contributed by atoms with Gasteiger partial charge in [-0.3, -0.25) is 4.79 Å². The van der Waals surface area contributed by atoms with Gasteiger partial charge < -0.3 is 19.0 Å². The maximum Gasteiger partial charge on any atom is 0.294 e. The van der Waals surface area contributed by atoms with Crippen molar-refractivity contribution < 1.29 is 14.2 Å². The van der Waals surface area contributed by atoms with Gasteiger partial charge in [-0.25, -0.2) is 9.37 Å². The Bertz CT molecular complexity index is 1380. The Labute approximate surface area is 195 Å². The molecular formula is C25H23ClFN3O3. The lowest BCUT2D eigenvalue weighted by Crippen LogP contribution is -2.28. The molecule has 0 bridgehead atoms. The van der Waals surface area contributed by atoms with E-state index in [2.05, 4.69) is 4.98 Å². The average molecular weight is 468 g/mol. The molecule has 6 nitrogen and oxygen atoms in total. The monoisotopic (exact) mass is 467 g/mol. The topological polar surface area (TPSA) is 69.3 Å². The summed E-state index contributed by atoms with van der Waals surface area (Å²) in [6.07, 6.45) is 5.01. The van der Waals surface area contributed by atoms with Crippen molar-refractivity contribution >= 4 is 11.6 Å². The summed E-state index contributed by atoms with van der Waals surface area (Å²) < 4.78 is 23.5. The smallest absolute Gasteiger partial charge is 0.294 e. The second-order valence-electron chi connectivity index (χ2n) is 7.93. The number of rotatable bonds is 6. The van der Waals surface area contributed by atoms with Gasteiger partial charge in [0.25, 0.3) is 5.56 Å². The van der Waals surface area contributed by atoms with Gasteiger partial charge >= 0.3 is 0 Å². The Morgan fingerprint density at radius 1 is 1.12 bits per heavy atom. The van der Waals surface area contributed by atoms with E-state index in [4.69, 9.17) is 16.3 Å². The molecule has 1 atom stereocenters. The van der Waals surface area contributed by atoms with E-state index in [1.807, 2.05) is 30.7 Å². The lowest BCUT2D eigenvalue weighted by atomic mass is 10.0. The summed E-state index contributed by atoms with van der Waals surface area (Å²) in [6, 6.07) is 10.5. The van der Waals surface area contributed by atoms with Crippen molar-refractivity contribution in [3.8, 4) is 17.2 Å². The lowest BCUT2D eigenvalue weighted by Gasteiger charge is -2.20. The van der Waals surface area contributed by atoms with Crippen molar-refractivity contribution in [1.29, 1.82) is 0 Å². The first kappa shape index (κ1) is 22.8. The summed E-state index contributed by atoms with van der Waals surface area (Å²) in [5.74, 6) is -0.0930. The molecule has 0 saturated carbocycles. The summed E-state index contributed by atoms with van der Waals surface area (Å²) in [5.41, 5.74) is 3.14. The molecule has 0 aliphatic carbocycles. The van der Waals surface area contributed by atoms with Crippen LogP contribution < -0.4 is 10.3 Å². The van der Waals surface area contributed by atoms with Gasteiger partial charge in [0.05, 0.1) is 29.7 Å². The zero-order chi connectivity index (χ0) is 23.7. The molecule has 0 saturated heterocycles. The fourth-order valence-electron chi connectivity index (χ4n) is 3.75. The van der Waals surface area contributed by atoms with Crippen LogP contribution in [0, 0.1) is 26.6 Å². The summed E-state index contributed by atoms with van der Waals surface area (Å²) >= 11 is 6.26. The highest BCUT2D eigenvalue weighted by Crippen LogP contribution is 2.28. The van der Waals surface area contributed by atoms with Crippen molar-refractivity contribution in [2.75, 3.05) is 6.61 Å². The Balaban J connectivity index is 1.70. The van der Waals surface area contributed by atoms with Gasteiger partial charge in [-0.1, -0.05) is 23.7 Å². The molecule has 0 aliphatic rings. The van der Waals surface area contributed by atoms with Gasteiger partial charge in [0, 0.05) is 29.7 Å². The number of aryl methyl sites for hydroxylation is 3. The molecule has 8 heteroatoms. The van der Waals surface area contributed by atoms with Crippen LogP contribution in [-0.4, -0.2) is 25.8 Å². The minimum Gasteiger partial charge on any atom is -0.451 e. The predicted octanol–water partition coefficient (Wildman–Crippen LogP) is 5.13. The number of aliphatic hydroxyl groups is 1. The number of aliphatic hydroxyl groups excluding tert-OH is 1. The van der Waals surface area contributed by atoms with Crippen LogP contribution in [0.3, 0.4) is 0 Å². The second kappa shape index (κ2) is 9.21. The van der Waals surface area contributed by atoms with E-state index in [0.29, 0.717) is 5.75 Å². The van der Waals surface area contributed by atoms with Gasteiger partial charge in [0.2, 0.25) is 0 Å². The Morgan fingerprint density at radius 3 is 2.55 bits per heavy atom. The third kappa shape index (κ3) is 4.69. The zero-order valence-electron chi connectivity index (χ0n) is 18.4. The largest absolute Gasteiger partial charge is 0.451 e. The number of benzene rings is 2. The molecule has 0 amide bonds. The van der Waals surface area contributed by atoms with E-state index in [-0.39, 0.29) is 16.3 Å². The molecule has 33 heavy (non-hydrogen) atoms. The van der Waals surface area contributed by atoms with E-state index in [1.165, 1.54) is 22.9 Å². The number of pyridine rings is 1. The van der Waals surface area contributed by atoms with E-state index in [9.17, 15) is 14.3 Å². The Morgan fingerprint density at radius 2 is 1.91 bits per heavy atom. The standard InChI is InChI=1S/C25H23ClFN3O3/c1-15-4-6-20(21(27)8-15)23(13-31)30-12-18(26)10-24(25(30)32)33-19-5-7-22(16(2)9-19)29-11-17(3)28-14-29/h4-12,14,23,31H,13H2,1-3H3/t23-/m0/s1. The molecule has 0 fully saturated rings. The molecule has 0 radical (unpaired) electrons. The van der Waals surface area contributed by atoms with Crippen LogP contribution in [0.25, 0.3) is 5.69 Å². The van der Waals surface area contributed by atoms with Crippen LogP contribution in [0.1, 0.15) is 28.4 Å². The number of halogens is 2. The molecular weight excluding hydrogens is 445 g/mol. The summed E-state index contributed by atoms with van der Waals surface area (Å²) in [6.45, 7) is 5.11. The number of hydrogen-bond donors (Lipinski definition) is 1. The maximum absolute atomic E-state index is 14.6. The number of nitrogens with zero attached hydrogens (tertiary/aromatic N) is 3. The molecule has 0 spiro atoms. The van der Waals surface area contributed by atoms with Crippen molar-refractivity contribution in [2.24, 2.45) is 0 Å². The molecule has 1 N–H and O–H groups in total. The number of hydrogen-bond acceptors (Lipinski definition) is 4. The second-order valence-corrected chi connectivity index (χ2v) is 8.37. The van der Waals surface area contributed by atoms with Crippen LogP contribution in [0.2, 0.25) is 5.02 Å². The van der Waals surface area contributed by atoms with Crippen molar-refractivity contribution in [1.82, 2.24) is 14.1 Å². The highest BCUT2D eigenvalue weighted by atomic mass is 35.5. The first-order valence-electron chi connectivity index (χ1n) is 10.3. The fourth-order valence-corrected chi connectivity index (χ4v) is 3.95. The molecule has 2 aromatic carbocycles. The zero-order valence-corrected chi connectivity index (χ0v) is 19.2. The molecule has 0 aliphatic heterocycles. The minimum atomic E-state index is -0.951. The van der Waals surface area contributed by atoms with Crippen molar-refractivity contribution in [3.63, 3.8) is 0 Å². The summed E-state index contributed by atoms with van der Waals surface area (Å²) in [5, 5.41) is 10.2. The van der Waals surface area contributed by atoms with Crippen molar-refractivity contribution in [3.05, 3.63) is 105 Å². The number of imidazole rings is 1. The average Bonchev–Trinajstić information content (AvgIpc) is 3.19. The first-order chi connectivity index (χ1) is 15.8. The third-order valence-corrected chi connectivity index (χ3v) is 5.59. The quantitative estimate of drug-likeness (QED) is 0.427. The van der Waals surface area contributed by atoms with Crippen LogP contribution in [0.15, 0.2) is 66.0 Å². The fraction of sp³-hybridized carbons (Fsp3) is 0.200. The molecule has 4 rings (SSSR count). The summed E-state index contributed by atoms with van der Waals surface area (Å²) in [7, 11) is 0. The molecule has 2 aromatic heterocycles. The van der Waals surface area contributed by atoms with Gasteiger partial charge in [0.1, 0.15) is 11.6 Å². The van der Waals surface area contributed by atoms with Gasteiger partial charge in [0.15, 0.2) is 5.75 Å². The van der Waals surface area contributed by atoms with Crippen LogP contribution in [0.5, 0.6) is 11.5 Å². The maximum atomic E-state index is 14.6. The molecule has 170 valence electrons. The summed E-state index contributed by atoms with van der Waals surface area (Å²) in [4.78, 5) is 17.4. The molecule has 2 heterocycles. The minimum absolute atomic E-state index is 0.0286. The molecule has 4 aromatic rings. The van der Waals surface area contributed by atoms with Gasteiger partial charge in [-0.2, -0.15) is 0 Å². The first-order valence-corrected chi connectivity index (χ1v) is 10.7. The van der Waals surface area contributed by atoms with Crippen molar-refractivity contribution in [2.45, 2.75) is 26.8 Å². The lowest BCUT2D eigenvalue weighted by molar-refractivity contribution is 0.243. The van der Waals surface area contributed by atoms with Crippen LogP contribution >= 0.6 is 11.6 Å². The SMILES string of the molecule is Cc1ccc([C@H](CO)n2cc(Cl)cc(Oc3ccc(-n4cnc(C)c4)c(C)c3)c2=O)c(F)c1. The van der Waals surface area contributed by atoms with Gasteiger partial charge in [-0.05, 0) is 56.2 Å². The van der Waals surface area contributed by atoms with Crippen LogP contribution in [0.4, 0.5) is 4.39 Å². The van der Waals surface area contributed by atoms with Gasteiger partial charge in [-0.15, -0.1) is 0 Å². The number of aromatic nitrogens is 3. The highest BCUT2D eigenvalue weighted by Gasteiger charge is 2.21. The van der Waals surface area contributed by atoms with Crippen LogP contribution in [-0.2, 0) is 0 Å².